The van der Waals surface area contributed by atoms with Crippen molar-refractivity contribution < 1.29 is 39.5 Å². The van der Waals surface area contributed by atoms with E-state index >= 15 is 0 Å². The van der Waals surface area contributed by atoms with Gasteiger partial charge >= 0.3 is 29.6 Å². The van der Waals surface area contributed by atoms with Crippen LogP contribution < -0.4 is 34.7 Å². The van der Waals surface area contributed by atoms with Gasteiger partial charge in [-0.2, -0.15) is 0 Å². The third kappa shape index (κ3) is 4.93. The van der Waals surface area contributed by atoms with Crippen molar-refractivity contribution in [3.8, 4) is 0 Å². The first kappa shape index (κ1) is 19.2. The quantitative estimate of drug-likeness (QED) is 0.509. The zero-order valence-electron chi connectivity index (χ0n) is 14.1. The summed E-state index contributed by atoms with van der Waals surface area (Å²) in [5.41, 5.74) is 3.39. The second-order valence-electron chi connectivity index (χ2n) is 5.54. The minimum Gasteiger partial charge on any atom is -0.549 e. The summed E-state index contributed by atoms with van der Waals surface area (Å²) in [4.78, 5) is 11.8. The Morgan fingerprint density at radius 3 is 1.96 bits per heavy atom. The van der Waals surface area contributed by atoms with Gasteiger partial charge < -0.3 is 9.90 Å². The molecule has 3 aromatic rings. The summed E-state index contributed by atoms with van der Waals surface area (Å²) in [5.74, 6) is -1.88. The average molecular weight is 336 g/mol. The van der Waals surface area contributed by atoms with Crippen molar-refractivity contribution in [3.05, 3.63) is 107 Å². The fourth-order valence-corrected chi connectivity index (χ4v) is 2.76. The molecular formula is C22H17NaO2. The van der Waals surface area contributed by atoms with Crippen molar-refractivity contribution in [2.75, 3.05) is 0 Å². The van der Waals surface area contributed by atoms with E-state index in [-0.39, 0.29) is 29.6 Å². The Balaban J connectivity index is 0.00000225. The Morgan fingerprint density at radius 2 is 1.32 bits per heavy atom. The predicted molar refractivity (Wildman–Crippen MR) is 95.1 cm³/mol. The molecule has 1 unspecified atom stereocenters. The number of benzene rings is 3. The minimum atomic E-state index is -1.10. The van der Waals surface area contributed by atoms with Crippen molar-refractivity contribution in [2.45, 2.75) is 5.92 Å². The Labute approximate surface area is 170 Å². The normalized spacial score (nSPS) is 11.7. The fourth-order valence-electron chi connectivity index (χ4n) is 2.76. The van der Waals surface area contributed by atoms with Crippen LogP contribution in [0.15, 0.2) is 84.9 Å². The number of rotatable bonds is 5. The van der Waals surface area contributed by atoms with E-state index in [4.69, 9.17) is 0 Å². The zero-order chi connectivity index (χ0) is 16.8. The van der Waals surface area contributed by atoms with Crippen LogP contribution in [0.5, 0.6) is 0 Å². The Morgan fingerprint density at radius 1 is 0.760 bits per heavy atom. The van der Waals surface area contributed by atoms with Crippen LogP contribution in [0.25, 0.3) is 12.2 Å². The first-order valence-corrected chi connectivity index (χ1v) is 7.83. The molecule has 118 valence electrons. The van der Waals surface area contributed by atoms with E-state index in [1.165, 1.54) is 0 Å². The van der Waals surface area contributed by atoms with Gasteiger partial charge in [0, 0.05) is 5.92 Å². The second kappa shape index (κ2) is 9.38. The van der Waals surface area contributed by atoms with Gasteiger partial charge in [0.1, 0.15) is 0 Å². The average Bonchev–Trinajstić information content (AvgIpc) is 2.63. The summed E-state index contributed by atoms with van der Waals surface area (Å²) in [6.45, 7) is 0. The van der Waals surface area contributed by atoms with Crippen LogP contribution in [0.4, 0.5) is 0 Å². The van der Waals surface area contributed by atoms with Crippen molar-refractivity contribution in [1.29, 1.82) is 0 Å². The van der Waals surface area contributed by atoms with Crippen molar-refractivity contribution in [3.63, 3.8) is 0 Å². The van der Waals surface area contributed by atoms with E-state index in [1.54, 1.807) is 0 Å². The standard InChI is InChI=1S/C22H18O2.Na/c23-22(24)21(19-12-5-2-6-13-19)20-14-8-7-11-18(20)16-15-17-9-3-1-4-10-17;/h1-16,21H,(H,23,24);/q;+1/p-1/b16-15+;. The monoisotopic (exact) mass is 336 g/mol. The first-order valence-electron chi connectivity index (χ1n) is 7.83. The second-order valence-corrected chi connectivity index (χ2v) is 5.54. The van der Waals surface area contributed by atoms with Crippen LogP contribution in [0.1, 0.15) is 28.2 Å². The van der Waals surface area contributed by atoms with Gasteiger partial charge in [0.2, 0.25) is 0 Å². The van der Waals surface area contributed by atoms with E-state index in [0.717, 1.165) is 22.3 Å². The molecule has 0 saturated carbocycles. The summed E-state index contributed by atoms with van der Waals surface area (Å²) in [6.07, 6.45) is 3.93. The number of aliphatic carboxylic acids is 1. The molecule has 0 aliphatic rings. The minimum absolute atomic E-state index is 0. The van der Waals surface area contributed by atoms with E-state index in [9.17, 15) is 9.90 Å². The third-order valence-corrected chi connectivity index (χ3v) is 3.93. The van der Waals surface area contributed by atoms with E-state index in [0.29, 0.717) is 0 Å². The van der Waals surface area contributed by atoms with E-state index < -0.39 is 11.9 Å². The van der Waals surface area contributed by atoms with E-state index in [2.05, 4.69) is 0 Å². The van der Waals surface area contributed by atoms with Crippen LogP contribution in [0.3, 0.4) is 0 Å². The molecule has 0 aliphatic heterocycles. The molecule has 0 N–H and O–H groups in total. The summed E-state index contributed by atoms with van der Waals surface area (Å²) in [6, 6.07) is 26.6. The molecule has 0 heterocycles. The summed E-state index contributed by atoms with van der Waals surface area (Å²) >= 11 is 0. The number of carbonyl (C=O) groups is 1. The summed E-state index contributed by atoms with van der Waals surface area (Å²) < 4.78 is 0. The van der Waals surface area contributed by atoms with Gasteiger partial charge in [-0.3, -0.25) is 0 Å². The molecule has 0 spiro atoms. The first-order chi connectivity index (χ1) is 11.8. The molecule has 0 aliphatic carbocycles. The Bertz CT molecular complexity index is 842. The van der Waals surface area contributed by atoms with Crippen LogP contribution >= 0.6 is 0 Å². The molecule has 3 rings (SSSR count). The van der Waals surface area contributed by atoms with Crippen LogP contribution in [0.2, 0.25) is 0 Å². The molecule has 0 saturated heterocycles. The molecule has 0 radical (unpaired) electrons. The molecule has 25 heavy (non-hydrogen) atoms. The molecule has 0 aromatic heterocycles. The molecular weight excluding hydrogens is 319 g/mol. The van der Waals surface area contributed by atoms with Gasteiger partial charge in [-0.15, -0.1) is 0 Å². The van der Waals surface area contributed by atoms with Crippen LogP contribution in [0, 0.1) is 0 Å². The van der Waals surface area contributed by atoms with Gasteiger partial charge in [-0.1, -0.05) is 97.1 Å². The molecule has 0 fully saturated rings. The smallest absolute Gasteiger partial charge is 0.549 e. The van der Waals surface area contributed by atoms with Gasteiger partial charge in [0.25, 0.3) is 0 Å². The SMILES string of the molecule is O=C([O-])C(c1ccccc1)c1ccccc1/C=C/c1ccccc1.[Na+]. The number of carbonyl (C=O) groups excluding carboxylic acids is 1. The molecule has 3 aromatic carbocycles. The third-order valence-electron chi connectivity index (χ3n) is 3.93. The van der Waals surface area contributed by atoms with Gasteiger partial charge in [0.05, 0.1) is 5.97 Å². The van der Waals surface area contributed by atoms with Crippen molar-refractivity contribution >= 4 is 18.1 Å². The Hall–Kier alpha value is -2.13. The van der Waals surface area contributed by atoms with Gasteiger partial charge in [-0.25, -0.2) is 0 Å². The van der Waals surface area contributed by atoms with Crippen LogP contribution in [-0.2, 0) is 4.79 Å². The maximum absolute atomic E-state index is 11.8. The molecule has 0 amide bonds. The summed E-state index contributed by atoms with van der Waals surface area (Å²) in [5, 5.41) is 11.8. The Kier molecular flexibility index (Phi) is 7.20. The number of carboxylic acid groups (broad SMARTS) is 1. The fraction of sp³-hybridized carbons (Fsp3) is 0.0455. The molecule has 1 atom stereocenters. The largest absolute Gasteiger partial charge is 1.00 e. The van der Waals surface area contributed by atoms with Crippen molar-refractivity contribution in [2.24, 2.45) is 0 Å². The number of carboxylic acids is 1. The molecule has 3 heteroatoms. The molecule has 2 nitrogen and oxygen atoms in total. The molecule has 0 bridgehead atoms. The number of hydrogen-bond donors (Lipinski definition) is 0. The predicted octanol–water partition coefficient (Wildman–Crippen LogP) is 0.743. The maximum Gasteiger partial charge on any atom is 1.00 e. The topological polar surface area (TPSA) is 40.1 Å². The zero-order valence-corrected chi connectivity index (χ0v) is 16.1. The van der Waals surface area contributed by atoms with Crippen LogP contribution in [-0.4, -0.2) is 5.97 Å². The van der Waals surface area contributed by atoms with Gasteiger partial charge in [0.15, 0.2) is 0 Å². The maximum atomic E-state index is 11.8. The van der Waals surface area contributed by atoms with Gasteiger partial charge in [-0.05, 0) is 22.3 Å². The summed E-state index contributed by atoms with van der Waals surface area (Å²) in [7, 11) is 0. The van der Waals surface area contributed by atoms with Crippen molar-refractivity contribution in [1.82, 2.24) is 0 Å². The van der Waals surface area contributed by atoms with E-state index in [1.807, 2.05) is 97.1 Å². The number of hydrogen-bond acceptors (Lipinski definition) is 2.